The van der Waals surface area contributed by atoms with E-state index in [0.717, 1.165) is 0 Å². The van der Waals surface area contributed by atoms with Gasteiger partial charge < -0.3 is 19.8 Å². The van der Waals surface area contributed by atoms with Gasteiger partial charge in [-0.2, -0.15) is 0 Å². The number of benzene rings is 1. The molecule has 1 aromatic heterocycles. The van der Waals surface area contributed by atoms with Crippen LogP contribution in [0.2, 0.25) is 0 Å². The van der Waals surface area contributed by atoms with Crippen LogP contribution in [0.25, 0.3) is 17.8 Å². The first-order valence-corrected chi connectivity index (χ1v) is 8.15. The molecule has 1 aliphatic rings. The molecule has 12 heteroatoms. The Labute approximate surface area is 162 Å². The summed E-state index contributed by atoms with van der Waals surface area (Å²) < 4.78 is 10.2. The first kappa shape index (κ1) is 19.5. The molecule has 0 spiro atoms. The van der Waals surface area contributed by atoms with Crippen molar-refractivity contribution in [3.05, 3.63) is 61.0 Å². The van der Waals surface area contributed by atoms with Crippen molar-refractivity contribution in [1.29, 1.82) is 0 Å². The summed E-state index contributed by atoms with van der Waals surface area (Å²) in [5.41, 5.74) is -0.656. The number of aromatic nitrogens is 2. The number of rotatable bonds is 6. The Morgan fingerprint density at radius 1 is 1.21 bits per heavy atom. The molecule has 1 unspecified atom stereocenters. The summed E-state index contributed by atoms with van der Waals surface area (Å²) >= 11 is 0. The van der Waals surface area contributed by atoms with E-state index in [4.69, 9.17) is 9.47 Å². The molecule has 150 valence electrons. The van der Waals surface area contributed by atoms with Crippen LogP contribution in [0.3, 0.4) is 0 Å². The van der Waals surface area contributed by atoms with Crippen LogP contribution >= 0.6 is 0 Å². The minimum atomic E-state index is -1.09. The van der Waals surface area contributed by atoms with Gasteiger partial charge in [0.2, 0.25) is 5.48 Å². The molecule has 0 saturated heterocycles. The van der Waals surface area contributed by atoms with Crippen LogP contribution in [0, 0.1) is 20.2 Å². The van der Waals surface area contributed by atoms with Crippen molar-refractivity contribution in [3.8, 4) is 11.5 Å². The van der Waals surface area contributed by atoms with Gasteiger partial charge in [0.1, 0.15) is 0 Å². The van der Waals surface area contributed by atoms with Gasteiger partial charge in [-0.05, 0) is 24.3 Å². The van der Waals surface area contributed by atoms with Crippen LogP contribution < -0.4 is 25.6 Å². The summed E-state index contributed by atoms with van der Waals surface area (Å²) in [4.78, 5) is 40.2. The minimum absolute atomic E-state index is 0.225. The fourth-order valence-electron chi connectivity index (χ4n) is 2.69. The number of carbonyl (C=O) groups excluding carboxylic acids is 1. The van der Waals surface area contributed by atoms with Gasteiger partial charge in [0.05, 0.1) is 30.2 Å². The van der Waals surface area contributed by atoms with E-state index in [-0.39, 0.29) is 22.2 Å². The van der Waals surface area contributed by atoms with Gasteiger partial charge in [0.15, 0.2) is 11.5 Å². The number of nitrogens with zero attached hydrogens (tertiary/aromatic N) is 3. The van der Waals surface area contributed by atoms with Crippen LogP contribution in [-0.4, -0.2) is 46.0 Å². The zero-order chi connectivity index (χ0) is 21.1. The average molecular weight is 401 g/mol. The second kappa shape index (κ2) is 7.80. The maximum Gasteiger partial charge on any atom is 0.375 e. The molecule has 1 heterocycles. The lowest BCUT2D eigenvalue weighted by Gasteiger charge is -2.09. The summed E-state index contributed by atoms with van der Waals surface area (Å²) in [5, 5.41) is 25.1. The number of aromatic amines is 1. The smallest absolute Gasteiger partial charge is 0.375 e. The second-order valence-corrected chi connectivity index (χ2v) is 5.82. The number of H-pyrrole nitrogens is 1. The van der Waals surface area contributed by atoms with Crippen molar-refractivity contribution in [1.82, 2.24) is 9.97 Å². The largest absolute Gasteiger partial charge is 0.493 e. The molecule has 12 nitrogen and oxygen atoms in total. The zero-order valence-electron chi connectivity index (χ0n) is 15.2. The van der Waals surface area contributed by atoms with Crippen molar-refractivity contribution in [3.63, 3.8) is 0 Å². The van der Waals surface area contributed by atoms with E-state index in [1.54, 1.807) is 0 Å². The highest BCUT2D eigenvalue weighted by Gasteiger charge is 2.27. The number of ether oxygens (including phenoxy) is 2. The van der Waals surface area contributed by atoms with Gasteiger partial charge in [0.25, 0.3) is 6.04 Å². The Morgan fingerprint density at radius 3 is 2.55 bits per heavy atom. The third-order valence-corrected chi connectivity index (χ3v) is 4.06. The number of nitro groups is 2. The molecular weight excluding hydrogens is 386 g/mol. The van der Waals surface area contributed by atoms with Crippen molar-refractivity contribution >= 4 is 29.4 Å². The minimum Gasteiger partial charge on any atom is -0.493 e. The molecule has 0 bridgehead atoms. The number of methoxy groups -OCH3 is 2. The van der Waals surface area contributed by atoms with Crippen molar-refractivity contribution in [2.24, 2.45) is 0 Å². The molecule has 0 saturated carbocycles. The molecular formula is C17H15N5O7. The molecule has 0 radical (unpaired) electrons. The van der Waals surface area contributed by atoms with Gasteiger partial charge in [-0.25, -0.2) is 4.98 Å². The zero-order valence-corrected chi connectivity index (χ0v) is 15.2. The van der Waals surface area contributed by atoms with Crippen LogP contribution in [0.4, 0.5) is 5.69 Å². The number of amides is 1. The van der Waals surface area contributed by atoms with Gasteiger partial charge in [-0.1, -0.05) is 0 Å². The lowest BCUT2D eigenvalue weighted by Crippen LogP contribution is -2.29. The van der Waals surface area contributed by atoms with Gasteiger partial charge in [-0.3, -0.25) is 25.0 Å². The molecule has 0 aliphatic heterocycles. The Morgan fingerprint density at radius 2 is 1.93 bits per heavy atom. The standard InChI is InChI=1S/C17H15N5O7/c1-28-13-6-3-9(7-14(13)29-2)18-17(23)15(22(26)27)16-19-11-5-4-10(21(24)25)8-12(11)20-16/h3-8,10,20H,1-2H3,(H,18,23)/b16-15-. The molecule has 1 aliphatic carbocycles. The van der Waals surface area contributed by atoms with Crippen LogP contribution in [0.15, 0.2) is 24.3 Å². The summed E-state index contributed by atoms with van der Waals surface area (Å²) in [6, 6.07) is 3.38. The van der Waals surface area contributed by atoms with Gasteiger partial charge >= 0.3 is 11.6 Å². The number of hydrogen-bond donors (Lipinski definition) is 2. The molecule has 2 aromatic rings. The lowest BCUT2D eigenvalue weighted by molar-refractivity contribution is -0.491. The molecule has 1 aromatic carbocycles. The van der Waals surface area contributed by atoms with E-state index >= 15 is 0 Å². The Hall–Kier alpha value is -4.22. The van der Waals surface area contributed by atoms with Crippen molar-refractivity contribution in [2.75, 3.05) is 19.5 Å². The molecule has 1 amide bonds. The lowest BCUT2D eigenvalue weighted by atomic mass is 10.1. The van der Waals surface area contributed by atoms with Crippen molar-refractivity contribution in [2.45, 2.75) is 6.04 Å². The second-order valence-electron chi connectivity index (χ2n) is 5.82. The normalized spacial score (nSPS) is 15.6. The van der Waals surface area contributed by atoms with Crippen LogP contribution in [-0.2, 0) is 4.79 Å². The van der Waals surface area contributed by atoms with E-state index in [1.165, 1.54) is 50.6 Å². The SMILES string of the molecule is COc1ccc(NC(=O)/C(=c2\nc3c([nH]2)=CC([N+](=O)[O-])C=C3)[N+](=O)[O-])cc1OC. The molecule has 1 atom stereocenters. The predicted octanol–water partition coefficient (Wildman–Crippen LogP) is -0.0969. The summed E-state index contributed by atoms with van der Waals surface area (Å²) in [7, 11) is 2.86. The summed E-state index contributed by atoms with van der Waals surface area (Å²) in [5.74, 6) is -0.277. The van der Waals surface area contributed by atoms with E-state index < -0.39 is 27.5 Å². The first-order valence-electron chi connectivity index (χ1n) is 8.15. The quantitative estimate of drug-likeness (QED) is 0.501. The van der Waals surface area contributed by atoms with E-state index in [0.29, 0.717) is 11.5 Å². The van der Waals surface area contributed by atoms with Crippen LogP contribution in [0.5, 0.6) is 11.5 Å². The Bertz CT molecular complexity index is 1150. The third kappa shape index (κ3) is 3.90. The maximum atomic E-state index is 12.5. The Balaban J connectivity index is 2.01. The molecule has 3 rings (SSSR count). The van der Waals surface area contributed by atoms with Gasteiger partial charge in [-0.15, -0.1) is 0 Å². The Kier molecular flexibility index (Phi) is 5.25. The predicted molar refractivity (Wildman–Crippen MR) is 101 cm³/mol. The highest BCUT2D eigenvalue weighted by molar-refractivity contribution is 6.16. The number of anilines is 1. The first-order chi connectivity index (χ1) is 13.8. The molecule has 0 fully saturated rings. The number of carbonyl (C=O) groups is 1. The summed E-state index contributed by atoms with van der Waals surface area (Å²) in [6.45, 7) is 0. The fraction of sp³-hybridized carbons (Fsp3) is 0.176. The number of hydrogen-bond acceptors (Lipinski definition) is 8. The average Bonchev–Trinajstić information content (AvgIpc) is 3.09. The van der Waals surface area contributed by atoms with Crippen LogP contribution in [0.1, 0.15) is 5.69 Å². The van der Waals surface area contributed by atoms with E-state index in [1.807, 2.05) is 0 Å². The fourth-order valence-corrected chi connectivity index (χ4v) is 2.69. The van der Waals surface area contributed by atoms with E-state index in [9.17, 15) is 25.0 Å². The molecule has 2 N–H and O–H groups in total. The molecule has 29 heavy (non-hydrogen) atoms. The summed E-state index contributed by atoms with van der Waals surface area (Å²) in [6.07, 6.45) is 3.92. The topological polar surface area (TPSA) is 163 Å². The number of fused-ring (bicyclic) bond motifs is 1. The van der Waals surface area contributed by atoms with E-state index in [2.05, 4.69) is 15.3 Å². The number of imidazole rings is 1. The third-order valence-electron chi connectivity index (χ3n) is 4.06. The maximum absolute atomic E-state index is 12.5. The van der Waals surface area contributed by atoms with Crippen molar-refractivity contribution < 1.29 is 24.1 Å². The highest BCUT2D eigenvalue weighted by Crippen LogP contribution is 2.29. The number of nitrogens with one attached hydrogen (secondary N) is 2. The monoisotopic (exact) mass is 401 g/mol. The van der Waals surface area contributed by atoms with Gasteiger partial charge in [0, 0.05) is 22.8 Å². The highest BCUT2D eigenvalue weighted by atomic mass is 16.6.